The van der Waals surface area contributed by atoms with Gasteiger partial charge in [0, 0.05) is 6.04 Å². The van der Waals surface area contributed by atoms with Crippen LogP contribution in [0, 0.1) is 23.7 Å². The van der Waals surface area contributed by atoms with E-state index in [9.17, 15) is 0 Å². The van der Waals surface area contributed by atoms with Crippen molar-refractivity contribution >= 4 is 0 Å². The lowest BCUT2D eigenvalue weighted by Gasteiger charge is -2.36. The predicted molar refractivity (Wildman–Crippen MR) is 68.0 cm³/mol. The lowest BCUT2D eigenvalue weighted by molar-refractivity contribution is 0.197. The van der Waals surface area contributed by atoms with Crippen LogP contribution in [0.1, 0.15) is 53.9 Å². The summed E-state index contributed by atoms with van der Waals surface area (Å²) in [4.78, 5) is 0. The van der Waals surface area contributed by atoms with E-state index >= 15 is 0 Å². The average molecular weight is 211 g/mol. The van der Waals surface area contributed by atoms with Gasteiger partial charge in [0.25, 0.3) is 0 Å². The molecule has 0 aromatic rings. The molecule has 0 aliphatic heterocycles. The first-order chi connectivity index (χ1) is 7.02. The van der Waals surface area contributed by atoms with Crippen LogP contribution < -0.4 is 5.32 Å². The van der Waals surface area contributed by atoms with Crippen molar-refractivity contribution in [3.8, 4) is 0 Å². The predicted octanol–water partition coefficient (Wildman–Crippen LogP) is 3.69. The molecule has 0 amide bonds. The van der Waals surface area contributed by atoms with E-state index in [2.05, 4.69) is 39.9 Å². The maximum Gasteiger partial charge on any atom is 0.0118 e. The van der Waals surface area contributed by atoms with E-state index < -0.39 is 0 Å². The summed E-state index contributed by atoms with van der Waals surface area (Å²) < 4.78 is 0. The molecule has 1 N–H and O–H groups in total. The Hall–Kier alpha value is -0.0400. The first-order valence-electron chi connectivity index (χ1n) is 6.75. The SMILES string of the molecule is CC(C)C(C)CNC1C(C)CCCC1C. The van der Waals surface area contributed by atoms with Gasteiger partial charge in [0.1, 0.15) is 0 Å². The fraction of sp³-hybridized carbons (Fsp3) is 1.00. The van der Waals surface area contributed by atoms with Crippen molar-refractivity contribution in [2.24, 2.45) is 23.7 Å². The number of nitrogens with one attached hydrogen (secondary N) is 1. The number of rotatable bonds is 4. The fourth-order valence-corrected chi connectivity index (χ4v) is 2.64. The molecule has 1 aliphatic rings. The minimum atomic E-state index is 0.764. The third-order valence-electron chi connectivity index (χ3n) is 4.36. The van der Waals surface area contributed by atoms with Crippen LogP contribution >= 0.6 is 0 Å². The first-order valence-corrected chi connectivity index (χ1v) is 6.75. The molecule has 1 aliphatic carbocycles. The molecule has 1 fully saturated rings. The van der Waals surface area contributed by atoms with Gasteiger partial charge >= 0.3 is 0 Å². The zero-order valence-electron chi connectivity index (χ0n) is 11.2. The Balaban J connectivity index is 2.35. The van der Waals surface area contributed by atoms with Crippen LogP contribution in [-0.2, 0) is 0 Å². The minimum absolute atomic E-state index is 0.764. The molecule has 0 heterocycles. The van der Waals surface area contributed by atoms with Crippen molar-refractivity contribution in [3.63, 3.8) is 0 Å². The molecular weight excluding hydrogens is 182 g/mol. The quantitative estimate of drug-likeness (QED) is 0.748. The summed E-state index contributed by atoms with van der Waals surface area (Å²) in [7, 11) is 0. The summed E-state index contributed by atoms with van der Waals surface area (Å²) in [6.07, 6.45) is 4.26. The van der Waals surface area contributed by atoms with Crippen molar-refractivity contribution in [3.05, 3.63) is 0 Å². The minimum Gasteiger partial charge on any atom is -0.313 e. The van der Waals surface area contributed by atoms with Crippen molar-refractivity contribution in [2.75, 3.05) is 6.54 Å². The van der Waals surface area contributed by atoms with Gasteiger partial charge in [-0.25, -0.2) is 0 Å². The average Bonchev–Trinajstić information content (AvgIpc) is 2.16. The smallest absolute Gasteiger partial charge is 0.0118 e. The second kappa shape index (κ2) is 5.89. The lowest BCUT2D eigenvalue weighted by Crippen LogP contribution is -2.44. The largest absolute Gasteiger partial charge is 0.313 e. The summed E-state index contributed by atoms with van der Waals surface area (Å²) in [6.45, 7) is 13.0. The van der Waals surface area contributed by atoms with Crippen LogP contribution in [0.2, 0.25) is 0 Å². The van der Waals surface area contributed by atoms with E-state index in [0.29, 0.717) is 0 Å². The van der Waals surface area contributed by atoms with Gasteiger partial charge in [-0.2, -0.15) is 0 Å². The zero-order chi connectivity index (χ0) is 11.4. The third kappa shape index (κ3) is 3.79. The Morgan fingerprint density at radius 3 is 2.07 bits per heavy atom. The molecule has 0 radical (unpaired) electrons. The first kappa shape index (κ1) is 13.0. The Morgan fingerprint density at radius 1 is 1.07 bits per heavy atom. The topological polar surface area (TPSA) is 12.0 Å². The summed E-state index contributed by atoms with van der Waals surface area (Å²) in [5, 5.41) is 3.80. The Labute approximate surface area is 96.0 Å². The highest BCUT2D eigenvalue weighted by atomic mass is 14.9. The second-order valence-corrected chi connectivity index (χ2v) is 6.04. The molecule has 15 heavy (non-hydrogen) atoms. The summed E-state index contributed by atoms with van der Waals surface area (Å²) in [5.41, 5.74) is 0. The van der Waals surface area contributed by atoms with Gasteiger partial charge in [-0.15, -0.1) is 0 Å². The normalized spacial score (nSPS) is 34.4. The van der Waals surface area contributed by atoms with Gasteiger partial charge in [-0.3, -0.25) is 0 Å². The highest BCUT2D eigenvalue weighted by Crippen LogP contribution is 2.29. The van der Waals surface area contributed by atoms with Crippen molar-refractivity contribution in [2.45, 2.75) is 59.9 Å². The van der Waals surface area contributed by atoms with Gasteiger partial charge in [-0.1, -0.05) is 41.0 Å². The fourth-order valence-electron chi connectivity index (χ4n) is 2.64. The molecule has 1 rings (SSSR count). The van der Waals surface area contributed by atoms with Crippen LogP contribution in [0.25, 0.3) is 0 Å². The Kier molecular flexibility index (Phi) is 5.11. The van der Waals surface area contributed by atoms with Gasteiger partial charge < -0.3 is 5.32 Å². The monoisotopic (exact) mass is 211 g/mol. The van der Waals surface area contributed by atoms with E-state index in [1.807, 2.05) is 0 Å². The van der Waals surface area contributed by atoms with Crippen molar-refractivity contribution in [1.29, 1.82) is 0 Å². The molecule has 0 spiro atoms. The van der Waals surface area contributed by atoms with Crippen LogP contribution in [0.4, 0.5) is 0 Å². The summed E-state index contributed by atoms with van der Waals surface area (Å²) in [6, 6.07) is 0.764. The molecule has 90 valence electrons. The maximum absolute atomic E-state index is 3.80. The molecule has 0 bridgehead atoms. The Morgan fingerprint density at radius 2 is 1.60 bits per heavy atom. The van der Waals surface area contributed by atoms with E-state index in [1.165, 1.54) is 25.8 Å². The van der Waals surface area contributed by atoms with E-state index in [1.54, 1.807) is 0 Å². The molecule has 3 atom stereocenters. The van der Waals surface area contributed by atoms with Gasteiger partial charge in [0.2, 0.25) is 0 Å². The van der Waals surface area contributed by atoms with E-state index in [4.69, 9.17) is 0 Å². The summed E-state index contributed by atoms with van der Waals surface area (Å²) in [5.74, 6) is 3.33. The van der Waals surface area contributed by atoms with E-state index in [0.717, 1.165) is 29.7 Å². The van der Waals surface area contributed by atoms with Crippen LogP contribution in [0.15, 0.2) is 0 Å². The van der Waals surface area contributed by atoms with Crippen LogP contribution in [-0.4, -0.2) is 12.6 Å². The van der Waals surface area contributed by atoms with Gasteiger partial charge in [0.15, 0.2) is 0 Å². The number of hydrogen-bond acceptors (Lipinski definition) is 1. The Bertz CT molecular complexity index is 166. The molecule has 0 aromatic heterocycles. The highest BCUT2D eigenvalue weighted by molar-refractivity contribution is 4.83. The molecule has 0 aromatic carbocycles. The van der Waals surface area contributed by atoms with Crippen LogP contribution in [0.5, 0.6) is 0 Å². The van der Waals surface area contributed by atoms with Crippen molar-refractivity contribution in [1.82, 2.24) is 5.32 Å². The van der Waals surface area contributed by atoms with Gasteiger partial charge in [-0.05, 0) is 43.1 Å². The standard InChI is InChI=1S/C14H29N/c1-10(2)13(5)9-15-14-11(3)7-6-8-12(14)4/h10-15H,6-9H2,1-5H3. The molecule has 1 nitrogen and oxygen atoms in total. The highest BCUT2D eigenvalue weighted by Gasteiger charge is 2.27. The number of hydrogen-bond donors (Lipinski definition) is 1. The molecule has 1 heteroatoms. The van der Waals surface area contributed by atoms with Crippen LogP contribution in [0.3, 0.4) is 0 Å². The third-order valence-corrected chi connectivity index (χ3v) is 4.36. The molecule has 1 saturated carbocycles. The maximum atomic E-state index is 3.80. The molecular formula is C14H29N. The second-order valence-electron chi connectivity index (χ2n) is 6.04. The van der Waals surface area contributed by atoms with Gasteiger partial charge in [0.05, 0.1) is 0 Å². The molecule has 0 saturated heterocycles. The molecule has 3 unspecified atom stereocenters. The van der Waals surface area contributed by atoms with Crippen molar-refractivity contribution < 1.29 is 0 Å². The zero-order valence-corrected chi connectivity index (χ0v) is 11.2. The lowest BCUT2D eigenvalue weighted by atomic mass is 9.78. The summed E-state index contributed by atoms with van der Waals surface area (Å²) >= 11 is 0. The van der Waals surface area contributed by atoms with E-state index in [-0.39, 0.29) is 0 Å².